The van der Waals surface area contributed by atoms with Crippen LogP contribution in [0, 0.1) is 0 Å². The number of hydrogen-bond donors (Lipinski definition) is 0. The molecule has 3 heteroatoms. The predicted octanol–water partition coefficient (Wildman–Crippen LogP) is 5.49. The summed E-state index contributed by atoms with van der Waals surface area (Å²) >= 11 is 1.84. The fourth-order valence-corrected chi connectivity index (χ4v) is 6.84. The van der Waals surface area contributed by atoms with Crippen LogP contribution >= 0.6 is 22.2 Å². The van der Waals surface area contributed by atoms with Crippen LogP contribution in [0.3, 0.4) is 0 Å². The number of ketones is 1. The van der Waals surface area contributed by atoms with Gasteiger partial charge in [0.2, 0.25) is 0 Å². The Labute approximate surface area is 143 Å². The van der Waals surface area contributed by atoms with Crippen LogP contribution in [0.4, 0.5) is 0 Å². The number of carbonyl (C=O) groups excluding carboxylic acids is 1. The molecule has 0 bridgehead atoms. The Morgan fingerprint density at radius 3 is 1.78 bits per heavy atom. The molecule has 0 aromatic heterocycles. The second kappa shape index (κ2) is 5.66. The lowest BCUT2D eigenvalue weighted by Gasteiger charge is -2.25. The Bertz CT molecular complexity index is 861. The summed E-state index contributed by atoms with van der Waals surface area (Å²) in [6.45, 7) is 3.83. The van der Waals surface area contributed by atoms with Crippen LogP contribution in [-0.4, -0.2) is 10.6 Å². The molecular formula is C20H16OS2. The monoisotopic (exact) mass is 336 g/mol. The quantitative estimate of drug-likeness (QED) is 0.505. The van der Waals surface area contributed by atoms with Crippen molar-refractivity contribution in [1.29, 1.82) is 0 Å². The third-order valence-electron chi connectivity index (χ3n) is 4.03. The third-order valence-corrected chi connectivity index (χ3v) is 7.74. The van der Waals surface area contributed by atoms with E-state index < -0.39 is 0 Å². The molecule has 114 valence electrons. The SMILES string of the molecule is CC1=CC(=S2c3ccccc3Sc3ccccc32)C=C(C)C1=O. The number of fused-ring (bicyclic) bond motifs is 2. The molecule has 0 spiro atoms. The van der Waals surface area contributed by atoms with Crippen LogP contribution in [0.15, 0.2) is 91.4 Å². The van der Waals surface area contributed by atoms with Crippen LogP contribution in [0.25, 0.3) is 0 Å². The molecule has 1 aliphatic heterocycles. The Balaban J connectivity index is 2.06. The highest BCUT2D eigenvalue weighted by Gasteiger charge is 2.23. The number of hydrogen-bond acceptors (Lipinski definition) is 2. The number of benzene rings is 2. The third kappa shape index (κ3) is 2.44. The van der Waals surface area contributed by atoms with E-state index in [4.69, 9.17) is 0 Å². The van der Waals surface area contributed by atoms with Crippen molar-refractivity contribution in [1.82, 2.24) is 0 Å². The molecule has 0 N–H and O–H groups in total. The van der Waals surface area contributed by atoms with Crippen molar-refractivity contribution in [2.75, 3.05) is 0 Å². The fourth-order valence-electron chi connectivity index (χ4n) is 2.93. The number of allylic oxidation sites excluding steroid dienone is 4. The first-order valence-corrected chi connectivity index (χ1v) is 9.58. The van der Waals surface area contributed by atoms with E-state index in [9.17, 15) is 4.79 Å². The summed E-state index contributed by atoms with van der Waals surface area (Å²) in [5.41, 5.74) is 1.67. The summed E-state index contributed by atoms with van der Waals surface area (Å²) in [6.07, 6.45) is 4.14. The molecular weight excluding hydrogens is 320 g/mol. The zero-order chi connectivity index (χ0) is 16.0. The number of Topliss-reactive ketones (excluding diaryl/α,β-unsaturated/α-hetero) is 1. The van der Waals surface area contributed by atoms with E-state index in [0.29, 0.717) is 0 Å². The Hall–Kier alpha value is -1.84. The van der Waals surface area contributed by atoms with Crippen molar-refractivity contribution in [3.8, 4) is 0 Å². The summed E-state index contributed by atoms with van der Waals surface area (Å²) in [5.74, 6) is 0.158. The molecule has 0 fully saturated rings. The molecule has 2 aliphatic rings. The van der Waals surface area contributed by atoms with Crippen LogP contribution in [0.1, 0.15) is 13.8 Å². The van der Waals surface area contributed by atoms with Gasteiger partial charge >= 0.3 is 0 Å². The molecule has 4 rings (SSSR count). The van der Waals surface area contributed by atoms with Gasteiger partial charge in [-0.1, -0.05) is 36.0 Å². The van der Waals surface area contributed by atoms with E-state index >= 15 is 0 Å². The standard InChI is InChI=1S/C20H16OS2/c1-13-11-15(12-14(2)20(13)21)23-18-9-5-3-7-16(18)22-17-8-4-6-10-19(17)23/h3-12H,1-2H3. The average Bonchev–Trinajstić information content (AvgIpc) is 2.57. The van der Waals surface area contributed by atoms with E-state index in [1.807, 2.05) is 25.6 Å². The van der Waals surface area contributed by atoms with Gasteiger partial charge in [-0.2, -0.15) is 0 Å². The van der Waals surface area contributed by atoms with E-state index in [-0.39, 0.29) is 16.3 Å². The molecule has 2 aromatic rings. The van der Waals surface area contributed by atoms with Gasteiger partial charge in [0.1, 0.15) is 0 Å². The van der Waals surface area contributed by atoms with Crippen molar-refractivity contribution in [3.05, 3.63) is 71.8 Å². The topological polar surface area (TPSA) is 17.1 Å². The summed E-state index contributed by atoms with van der Waals surface area (Å²) in [6, 6.07) is 17.2. The highest BCUT2D eigenvalue weighted by Crippen LogP contribution is 2.53. The summed E-state index contributed by atoms with van der Waals surface area (Å²) < 4.78 is 0. The minimum Gasteiger partial charge on any atom is -0.289 e. The van der Waals surface area contributed by atoms with Crippen LogP contribution in [0.5, 0.6) is 0 Å². The largest absolute Gasteiger partial charge is 0.289 e. The van der Waals surface area contributed by atoms with Gasteiger partial charge in [-0.3, -0.25) is 4.79 Å². The molecule has 0 saturated carbocycles. The lowest BCUT2D eigenvalue weighted by Crippen LogP contribution is -2.11. The summed E-state index contributed by atoms with van der Waals surface area (Å²) in [5, 5.41) is 0. The van der Waals surface area contributed by atoms with Crippen LogP contribution in [0.2, 0.25) is 0 Å². The van der Waals surface area contributed by atoms with E-state index in [1.165, 1.54) is 24.4 Å². The zero-order valence-corrected chi connectivity index (χ0v) is 14.6. The molecule has 0 saturated heterocycles. The molecule has 0 unspecified atom stereocenters. The average molecular weight is 336 g/mol. The molecule has 1 nitrogen and oxygen atoms in total. The molecule has 1 heterocycles. The second-order valence-corrected chi connectivity index (χ2v) is 8.74. The van der Waals surface area contributed by atoms with Crippen molar-refractivity contribution >= 4 is 32.9 Å². The van der Waals surface area contributed by atoms with Crippen LogP contribution < -0.4 is 0 Å². The normalized spacial score (nSPS) is 17.3. The van der Waals surface area contributed by atoms with Gasteiger partial charge in [0.25, 0.3) is 0 Å². The molecule has 1 aliphatic carbocycles. The maximum atomic E-state index is 12.1. The Morgan fingerprint density at radius 2 is 1.26 bits per heavy atom. The van der Waals surface area contributed by atoms with Gasteiger partial charge in [0.05, 0.1) is 0 Å². The van der Waals surface area contributed by atoms with Gasteiger partial charge in [-0.15, -0.1) is 10.5 Å². The Kier molecular flexibility index (Phi) is 3.63. The van der Waals surface area contributed by atoms with Crippen molar-refractivity contribution < 1.29 is 4.79 Å². The Morgan fingerprint density at radius 1 is 0.783 bits per heavy atom. The van der Waals surface area contributed by atoms with Crippen molar-refractivity contribution in [3.63, 3.8) is 0 Å². The van der Waals surface area contributed by atoms with E-state index in [1.54, 1.807) is 0 Å². The van der Waals surface area contributed by atoms with Gasteiger partial charge in [-0.05, 0) is 61.4 Å². The maximum Gasteiger partial charge on any atom is 0.184 e. The van der Waals surface area contributed by atoms with Crippen molar-refractivity contribution in [2.45, 2.75) is 33.4 Å². The molecule has 0 atom stereocenters. The lowest BCUT2D eigenvalue weighted by molar-refractivity contribution is -0.112. The maximum absolute atomic E-state index is 12.1. The van der Waals surface area contributed by atoms with Crippen molar-refractivity contribution in [2.24, 2.45) is 0 Å². The van der Waals surface area contributed by atoms with Gasteiger partial charge in [0.15, 0.2) is 5.78 Å². The smallest absolute Gasteiger partial charge is 0.184 e. The molecule has 0 amide bonds. The van der Waals surface area contributed by atoms with Crippen LogP contribution in [-0.2, 0) is 4.79 Å². The molecule has 23 heavy (non-hydrogen) atoms. The van der Waals surface area contributed by atoms with Gasteiger partial charge in [-0.25, -0.2) is 0 Å². The molecule has 0 radical (unpaired) electrons. The lowest BCUT2D eigenvalue weighted by atomic mass is 9.99. The van der Waals surface area contributed by atoms with Gasteiger partial charge in [0, 0.05) is 24.4 Å². The first-order valence-electron chi connectivity index (χ1n) is 7.53. The number of carbonyl (C=O) groups is 1. The first-order chi connectivity index (χ1) is 11.1. The van der Waals surface area contributed by atoms with E-state index in [0.717, 1.165) is 11.1 Å². The minimum atomic E-state index is -0.146. The highest BCUT2D eigenvalue weighted by molar-refractivity contribution is 8.18. The molecule has 2 aromatic carbocycles. The number of rotatable bonds is 0. The second-order valence-electron chi connectivity index (χ2n) is 5.69. The minimum absolute atomic E-state index is 0.146. The van der Waals surface area contributed by atoms with E-state index in [2.05, 4.69) is 60.7 Å². The first kappa shape index (κ1) is 14.7. The zero-order valence-electron chi connectivity index (χ0n) is 13.0. The summed E-state index contributed by atoms with van der Waals surface area (Å²) in [7, 11) is -0.146. The van der Waals surface area contributed by atoms with Gasteiger partial charge < -0.3 is 0 Å². The predicted molar refractivity (Wildman–Crippen MR) is 98.7 cm³/mol. The highest BCUT2D eigenvalue weighted by atomic mass is 32.2. The fraction of sp³-hybridized carbons (Fsp3) is 0.100. The summed E-state index contributed by atoms with van der Waals surface area (Å²) in [4.78, 5) is 18.7.